The summed E-state index contributed by atoms with van der Waals surface area (Å²) in [4.78, 5) is 22.3. The van der Waals surface area contributed by atoms with Gasteiger partial charge in [0, 0.05) is 0 Å². The van der Waals surface area contributed by atoms with Crippen molar-refractivity contribution in [3.05, 3.63) is 0 Å². The van der Waals surface area contributed by atoms with Crippen LogP contribution >= 0.6 is 0 Å². The van der Waals surface area contributed by atoms with E-state index in [0.29, 0.717) is 12.5 Å². The minimum absolute atomic E-state index is 0.0303. The molecule has 2 atom stereocenters. The van der Waals surface area contributed by atoms with Crippen LogP contribution in [0.4, 0.5) is 0 Å². The molecule has 2 aliphatic rings. The van der Waals surface area contributed by atoms with E-state index in [0.717, 1.165) is 12.8 Å². The van der Waals surface area contributed by atoms with E-state index in [2.05, 4.69) is 12.4 Å². The molecule has 0 spiro atoms. The van der Waals surface area contributed by atoms with Crippen LogP contribution in [0.15, 0.2) is 0 Å². The third-order valence-corrected chi connectivity index (χ3v) is 5.81. The second-order valence-electron chi connectivity index (χ2n) is 3.47. The summed E-state index contributed by atoms with van der Waals surface area (Å²) in [6.45, 7) is 0. The third-order valence-electron chi connectivity index (χ3n) is 2.59. The van der Waals surface area contributed by atoms with Gasteiger partial charge in [0.05, 0.1) is 0 Å². The van der Waals surface area contributed by atoms with E-state index in [1.165, 1.54) is 0 Å². The molecule has 68 valence electrons. The van der Waals surface area contributed by atoms with Gasteiger partial charge in [-0.3, -0.25) is 0 Å². The van der Waals surface area contributed by atoms with Crippen LogP contribution in [0.2, 0.25) is 0 Å². The van der Waals surface area contributed by atoms with E-state index >= 15 is 0 Å². The first kappa shape index (κ1) is 9.24. The Morgan fingerprint density at radius 1 is 1.46 bits per heavy atom. The van der Waals surface area contributed by atoms with Gasteiger partial charge in [0.25, 0.3) is 0 Å². The summed E-state index contributed by atoms with van der Waals surface area (Å²) in [5.41, 5.74) is 0. The molecule has 0 aliphatic carbocycles. The molecule has 1 fully saturated rings. The molecule has 2 N–H and O–H groups in total. The Morgan fingerprint density at radius 2 is 2.31 bits per heavy atom. The van der Waals surface area contributed by atoms with Crippen LogP contribution in [0.1, 0.15) is 19.3 Å². The molecule has 0 aromatic heterocycles. The van der Waals surface area contributed by atoms with E-state index in [9.17, 15) is 9.59 Å². The van der Waals surface area contributed by atoms with Crippen molar-refractivity contribution in [2.24, 2.45) is 5.92 Å². The fourth-order valence-corrected chi connectivity index (χ4v) is 5.22. The van der Waals surface area contributed by atoms with Crippen molar-refractivity contribution < 1.29 is 9.59 Å². The standard InChI is InChI=1S/C8H11N2O2.In/c1-2-6(9)5-3-4-7(11)10-8(5)12;/h1,5-6,9H,2-4H2,(H,10,11,12);/q-1;+1. The Labute approximate surface area is 87.7 Å². The summed E-state index contributed by atoms with van der Waals surface area (Å²) >= 11 is -0.631. The molecule has 5 heteroatoms. The molecule has 2 amide bonds. The van der Waals surface area contributed by atoms with Crippen molar-refractivity contribution in [3.63, 3.8) is 0 Å². The molecule has 2 rings (SSSR count). The van der Waals surface area contributed by atoms with Gasteiger partial charge in [0.1, 0.15) is 0 Å². The minimum atomic E-state index is -0.631. The first-order valence-electron chi connectivity index (χ1n) is 4.52. The zero-order chi connectivity index (χ0) is 9.26. The average molecular weight is 282 g/mol. The fraction of sp³-hybridized carbons (Fsp3) is 0.625. The van der Waals surface area contributed by atoms with Crippen LogP contribution in [-0.2, 0) is 9.59 Å². The predicted molar refractivity (Wildman–Crippen MR) is 49.2 cm³/mol. The molecule has 0 aromatic rings. The van der Waals surface area contributed by atoms with Crippen LogP contribution < -0.4 is 8.62 Å². The Bertz CT molecular complexity index is 269. The first-order valence-corrected chi connectivity index (χ1v) is 8.07. The summed E-state index contributed by atoms with van der Waals surface area (Å²) < 4.78 is 5.76. The second-order valence-corrected chi connectivity index (χ2v) is 6.72. The Kier molecular flexibility index (Phi) is 2.71. The number of rotatable bonds is 1. The van der Waals surface area contributed by atoms with E-state index in [-0.39, 0.29) is 17.7 Å². The number of amides is 2. The van der Waals surface area contributed by atoms with Crippen molar-refractivity contribution in [3.8, 4) is 0 Å². The fourth-order valence-electron chi connectivity index (χ4n) is 1.85. The van der Waals surface area contributed by atoms with Gasteiger partial charge in [-0.2, -0.15) is 0 Å². The van der Waals surface area contributed by atoms with Crippen LogP contribution in [0.3, 0.4) is 0 Å². The van der Waals surface area contributed by atoms with Crippen molar-refractivity contribution >= 4 is 38.3 Å². The SMILES string of the molecule is O=C1CCC(C2C[CH]=[In][NH]2)C(=O)N1. The monoisotopic (exact) mass is 282 g/mol. The zero-order valence-corrected chi connectivity index (χ0v) is 10.5. The quantitative estimate of drug-likeness (QED) is 0.595. The molecule has 1 saturated heterocycles. The molecule has 0 bridgehead atoms. The van der Waals surface area contributed by atoms with Crippen molar-refractivity contribution in [1.82, 2.24) is 8.62 Å². The van der Waals surface area contributed by atoms with Crippen molar-refractivity contribution in [2.45, 2.75) is 25.3 Å². The topological polar surface area (TPSA) is 58.2 Å². The predicted octanol–water partition coefficient (Wildman–Crippen LogP) is -1.18. The molecule has 13 heavy (non-hydrogen) atoms. The normalized spacial score (nSPS) is 32.3. The molecule has 0 aromatic carbocycles. The maximum atomic E-state index is 11.4. The van der Waals surface area contributed by atoms with Gasteiger partial charge in [-0.1, -0.05) is 0 Å². The summed E-state index contributed by atoms with van der Waals surface area (Å²) in [6.07, 6.45) is 2.24. The molecule has 2 aliphatic heterocycles. The Balaban J connectivity index is 1.99. The van der Waals surface area contributed by atoms with Gasteiger partial charge in [-0.25, -0.2) is 0 Å². The van der Waals surface area contributed by atoms with Gasteiger partial charge in [-0.05, 0) is 0 Å². The molecule has 0 radical (unpaired) electrons. The van der Waals surface area contributed by atoms with E-state index in [1.54, 1.807) is 0 Å². The van der Waals surface area contributed by atoms with Gasteiger partial charge in [0.15, 0.2) is 0 Å². The molecule has 2 unspecified atom stereocenters. The van der Waals surface area contributed by atoms with Crippen LogP contribution in [0.25, 0.3) is 0 Å². The van der Waals surface area contributed by atoms with E-state index < -0.39 is 22.7 Å². The van der Waals surface area contributed by atoms with Gasteiger partial charge < -0.3 is 0 Å². The molecule has 4 nitrogen and oxygen atoms in total. The summed E-state index contributed by atoms with van der Waals surface area (Å²) in [7, 11) is 0. The van der Waals surface area contributed by atoms with Crippen molar-refractivity contribution in [2.75, 3.05) is 0 Å². The molecule has 0 saturated carbocycles. The Hall–Kier alpha value is -0.320. The summed E-state index contributed by atoms with van der Waals surface area (Å²) in [5, 5.41) is 2.40. The number of hydrogen-bond donors (Lipinski definition) is 2. The average Bonchev–Trinajstić information content (AvgIpc) is 2.56. The number of carbonyl (C=O) groups is 2. The number of imide groups is 1. The first-order chi connectivity index (χ1) is 6.27. The molecule has 2 heterocycles. The third kappa shape index (κ3) is 1.95. The van der Waals surface area contributed by atoms with Crippen LogP contribution in [0.5, 0.6) is 0 Å². The van der Waals surface area contributed by atoms with Crippen LogP contribution in [0, 0.1) is 5.92 Å². The number of piperidine rings is 1. The van der Waals surface area contributed by atoms with Gasteiger partial charge in [0.2, 0.25) is 0 Å². The zero-order valence-electron chi connectivity index (χ0n) is 7.25. The van der Waals surface area contributed by atoms with Crippen LogP contribution in [-0.4, -0.2) is 44.3 Å². The van der Waals surface area contributed by atoms with Gasteiger partial charge >= 0.3 is 87.7 Å². The van der Waals surface area contributed by atoms with E-state index in [1.807, 2.05) is 0 Å². The van der Waals surface area contributed by atoms with Gasteiger partial charge in [-0.15, -0.1) is 0 Å². The Morgan fingerprint density at radius 3 is 2.92 bits per heavy atom. The van der Waals surface area contributed by atoms with E-state index in [4.69, 9.17) is 0 Å². The maximum absolute atomic E-state index is 11.4. The summed E-state index contributed by atoms with van der Waals surface area (Å²) in [6, 6.07) is 0.328. The molecular formula is C8H11InN2O2. The second kappa shape index (κ2) is 3.82. The number of carbonyl (C=O) groups excluding carboxylic acids is 2. The number of nitrogens with one attached hydrogen (secondary N) is 2. The molecular weight excluding hydrogens is 271 g/mol. The summed E-state index contributed by atoms with van der Waals surface area (Å²) in [5.74, 6) is -0.167. The van der Waals surface area contributed by atoms with Crippen molar-refractivity contribution in [1.29, 1.82) is 0 Å². The number of hydrogen-bond acceptors (Lipinski definition) is 3.